The van der Waals surface area contributed by atoms with Gasteiger partial charge in [0.1, 0.15) is 5.54 Å². The molecular weight excluding hydrogens is 310 g/mol. The first-order valence-corrected chi connectivity index (χ1v) is 8.01. The van der Waals surface area contributed by atoms with Gasteiger partial charge in [-0.25, -0.2) is 4.79 Å². The van der Waals surface area contributed by atoms with Crippen LogP contribution in [-0.4, -0.2) is 28.6 Å². The van der Waals surface area contributed by atoms with E-state index in [0.717, 1.165) is 12.8 Å². The fraction of sp³-hybridized carbons (Fsp3) is 0.471. The van der Waals surface area contributed by atoms with Gasteiger partial charge in [-0.3, -0.25) is 14.9 Å². The summed E-state index contributed by atoms with van der Waals surface area (Å²) in [5.74, 6) is -1.23. The number of benzene rings is 1. The number of nitrogens with two attached hydrogens (primary N) is 1. The fourth-order valence-electron chi connectivity index (χ4n) is 2.81. The Morgan fingerprint density at radius 1 is 1.33 bits per heavy atom. The predicted octanol–water partition coefficient (Wildman–Crippen LogP) is 1.55. The monoisotopic (exact) mass is 333 g/mol. The number of carbonyl (C=O) groups is 3. The van der Waals surface area contributed by atoms with Crippen molar-refractivity contribution >= 4 is 17.9 Å². The van der Waals surface area contributed by atoms with E-state index in [9.17, 15) is 14.4 Å². The minimum atomic E-state index is -0.963. The number of imide groups is 1. The number of aliphatic carboxylic acids is 1. The predicted molar refractivity (Wildman–Crippen MR) is 88.0 cm³/mol. The highest BCUT2D eigenvalue weighted by Gasteiger charge is 2.55. The van der Waals surface area contributed by atoms with Crippen molar-refractivity contribution in [3.63, 3.8) is 0 Å². The van der Waals surface area contributed by atoms with Crippen molar-refractivity contribution in [3.05, 3.63) is 35.9 Å². The fourth-order valence-corrected chi connectivity index (χ4v) is 2.81. The number of urea groups is 1. The minimum Gasteiger partial charge on any atom is -0.481 e. The lowest BCUT2D eigenvalue weighted by Crippen LogP contribution is -2.49. The molecule has 0 aromatic heterocycles. The van der Waals surface area contributed by atoms with E-state index in [-0.39, 0.29) is 30.7 Å². The lowest BCUT2D eigenvalue weighted by Gasteiger charge is -2.24. The van der Waals surface area contributed by atoms with Crippen molar-refractivity contribution in [2.24, 2.45) is 11.7 Å². The Hall–Kier alpha value is -2.41. The Morgan fingerprint density at radius 2 is 1.96 bits per heavy atom. The average Bonchev–Trinajstić information content (AvgIpc) is 3.34. The third-order valence-electron chi connectivity index (χ3n) is 4.30. The molecule has 7 heteroatoms. The number of carboxylic acids is 1. The van der Waals surface area contributed by atoms with Crippen LogP contribution in [0.5, 0.6) is 0 Å². The molecule has 130 valence electrons. The standard InChI is InChI=1S/C9H12N2O4.C8H11N/c12-6(13)3-4-9(5-1-2-5)7(14)10-8(15)11-9;1-7(9)8-5-3-2-4-6-8/h5H,1-4H2,(H,12,13)(H2,10,11,14,15);2-7H,9H2,1H3/t;7-/m.0/s1. The van der Waals surface area contributed by atoms with Crippen LogP contribution in [0.4, 0.5) is 4.79 Å². The van der Waals surface area contributed by atoms with Gasteiger partial charge in [0.25, 0.3) is 5.91 Å². The summed E-state index contributed by atoms with van der Waals surface area (Å²) >= 11 is 0. The van der Waals surface area contributed by atoms with Crippen molar-refractivity contribution < 1.29 is 19.5 Å². The highest BCUT2D eigenvalue weighted by molar-refractivity contribution is 6.07. The zero-order chi connectivity index (χ0) is 17.7. The van der Waals surface area contributed by atoms with E-state index >= 15 is 0 Å². The molecule has 7 nitrogen and oxygen atoms in total. The number of amides is 3. The van der Waals surface area contributed by atoms with Gasteiger partial charge in [0.05, 0.1) is 0 Å². The highest BCUT2D eigenvalue weighted by atomic mass is 16.4. The lowest BCUT2D eigenvalue weighted by atomic mass is 9.88. The second-order valence-electron chi connectivity index (χ2n) is 6.25. The first-order valence-electron chi connectivity index (χ1n) is 8.01. The van der Waals surface area contributed by atoms with Gasteiger partial charge in [0.15, 0.2) is 0 Å². The molecule has 3 rings (SSSR count). The van der Waals surface area contributed by atoms with Crippen LogP contribution in [0.3, 0.4) is 0 Å². The van der Waals surface area contributed by atoms with Crippen LogP contribution in [0.2, 0.25) is 0 Å². The summed E-state index contributed by atoms with van der Waals surface area (Å²) in [6, 6.07) is 9.70. The third kappa shape index (κ3) is 4.32. The Kier molecular flexibility index (Phi) is 5.56. The molecule has 1 aromatic rings. The average molecular weight is 333 g/mol. The zero-order valence-corrected chi connectivity index (χ0v) is 13.6. The van der Waals surface area contributed by atoms with E-state index in [0.29, 0.717) is 0 Å². The van der Waals surface area contributed by atoms with E-state index in [1.54, 1.807) is 0 Å². The topological polar surface area (TPSA) is 122 Å². The summed E-state index contributed by atoms with van der Waals surface area (Å²) in [5.41, 5.74) is 5.84. The first kappa shape index (κ1) is 17.9. The summed E-state index contributed by atoms with van der Waals surface area (Å²) < 4.78 is 0. The highest BCUT2D eigenvalue weighted by Crippen LogP contribution is 2.43. The zero-order valence-electron chi connectivity index (χ0n) is 13.6. The molecule has 1 aliphatic carbocycles. The SMILES string of the molecule is C[C@H](N)c1ccccc1.O=C(O)CCC1(C2CC2)NC(=O)NC1=O. The van der Waals surface area contributed by atoms with E-state index < -0.39 is 17.5 Å². The molecule has 0 bridgehead atoms. The van der Waals surface area contributed by atoms with Crippen LogP contribution in [0.1, 0.15) is 44.2 Å². The van der Waals surface area contributed by atoms with E-state index in [4.69, 9.17) is 10.8 Å². The maximum absolute atomic E-state index is 11.6. The number of carboxylic acid groups (broad SMARTS) is 1. The van der Waals surface area contributed by atoms with Gasteiger partial charge in [-0.1, -0.05) is 30.3 Å². The molecule has 24 heavy (non-hydrogen) atoms. The molecule has 1 saturated heterocycles. The van der Waals surface area contributed by atoms with Crippen molar-refractivity contribution in [2.75, 3.05) is 0 Å². The molecule has 0 radical (unpaired) electrons. The van der Waals surface area contributed by atoms with E-state index in [1.165, 1.54) is 5.56 Å². The second kappa shape index (κ2) is 7.44. The van der Waals surface area contributed by atoms with Crippen molar-refractivity contribution in [3.8, 4) is 0 Å². The molecule has 2 atom stereocenters. The van der Waals surface area contributed by atoms with Gasteiger partial charge >= 0.3 is 12.0 Å². The quantitative estimate of drug-likeness (QED) is 0.609. The molecule has 0 spiro atoms. The molecule has 2 fully saturated rings. The molecular formula is C17H23N3O4. The number of hydrogen-bond acceptors (Lipinski definition) is 4. The summed E-state index contributed by atoms with van der Waals surface area (Å²) in [5, 5.41) is 13.3. The summed E-state index contributed by atoms with van der Waals surface area (Å²) in [7, 11) is 0. The van der Waals surface area contributed by atoms with Crippen LogP contribution in [-0.2, 0) is 9.59 Å². The van der Waals surface area contributed by atoms with Gasteiger partial charge in [-0.05, 0) is 37.7 Å². The van der Waals surface area contributed by atoms with E-state index in [1.807, 2.05) is 37.3 Å². The van der Waals surface area contributed by atoms with E-state index in [2.05, 4.69) is 10.6 Å². The van der Waals surface area contributed by atoms with Crippen molar-refractivity contribution in [1.29, 1.82) is 0 Å². The largest absolute Gasteiger partial charge is 0.481 e. The van der Waals surface area contributed by atoms with Gasteiger partial charge in [-0.15, -0.1) is 0 Å². The smallest absolute Gasteiger partial charge is 0.322 e. The van der Waals surface area contributed by atoms with Gasteiger partial charge in [-0.2, -0.15) is 0 Å². The normalized spacial score (nSPS) is 23.6. The molecule has 3 amide bonds. The maximum Gasteiger partial charge on any atom is 0.322 e. The van der Waals surface area contributed by atoms with Crippen LogP contribution >= 0.6 is 0 Å². The number of carbonyl (C=O) groups excluding carboxylic acids is 2. The molecule has 1 saturated carbocycles. The van der Waals surface area contributed by atoms with Crippen LogP contribution in [0, 0.1) is 5.92 Å². The number of nitrogens with one attached hydrogen (secondary N) is 2. The van der Waals surface area contributed by atoms with Gasteiger partial charge < -0.3 is 16.2 Å². The molecule has 5 N–H and O–H groups in total. The minimum absolute atomic E-state index is 0.100. The molecule has 1 aromatic carbocycles. The third-order valence-corrected chi connectivity index (χ3v) is 4.30. The van der Waals surface area contributed by atoms with Crippen LogP contribution in [0.15, 0.2) is 30.3 Å². The Bertz CT molecular complexity index is 614. The molecule has 1 aliphatic heterocycles. The number of hydrogen-bond donors (Lipinski definition) is 4. The summed E-state index contributed by atoms with van der Waals surface area (Å²) in [6.45, 7) is 1.98. The number of rotatable bonds is 5. The summed E-state index contributed by atoms with van der Waals surface area (Å²) in [4.78, 5) is 33.2. The second-order valence-corrected chi connectivity index (χ2v) is 6.25. The van der Waals surface area contributed by atoms with Crippen molar-refractivity contribution in [2.45, 2.75) is 44.2 Å². The van der Waals surface area contributed by atoms with Crippen molar-refractivity contribution in [1.82, 2.24) is 10.6 Å². The Morgan fingerprint density at radius 3 is 2.33 bits per heavy atom. The Balaban J connectivity index is 0.000000198. The first-order chi connectivity index (χ1) is 11.3. The molecule has 1 heterocycles. The summed E-state index contributed by atoms with van der Waals surface area (Å²) in [6.07, 6.45) is 1.80. The lowest BCUT2D eigenvalue weighted by molar-refractivity contribution is -0.137. The van der Waals surface area contributed by atoms with Crippen LogP contribution in [0.25, 0.3) is 0 Å². The maximum atomic E-state index is 11.6. The molecule has 1 unspecified atom stereocenters. The van der Waals surface area contributed by atoms with Gasteiger partial charge in [0.2, 0.25) is 0 Å². The van der Waals surface area contributed by atoms with Gasteiger partial charge in [0, 0.05) is 12.5 Å². The van der Waals surface area contributed by atoms with Crippen LogP contribution < -0.4 is 16.4 Å². The Labute approximate surface area is 140 Å². The molecule has 2 aliphatic rings.